The van der Waals surface area contributed by atoms with Crippen molar-refractivity contribution in [3.05, 3.63) is 18.2 Å². The van der Waals surface area contributed by atoms with Gasteiger partial charge in [0.25, 0.3) is 0 Å². The van der Waals surface area contributed by atoms with E-state index in [4.69, 9.17) is 0 Å². The lowest BCUT2D eigenvalue weighted by molar-refractivity contribution is -0.244. The standard InChI is InChI=1S/C14H14F6I2N4O2/c1-6-12(7(2-21)3-22,9(27)13(15,16)17)11(28)26(25-6)8-4-23-10(24-5-8)14(18,19)20/h4-5,7,9,11,27-28H,2-3H2,1H3. The Morgan fingerprint density at radius 3 is 2.04 bits per heavy atom. The highest BCUT2D eigenvalue weighted by Crippen LogP contribution is 2.50. The van der Waals surface area contributed by atoms with E-state index in [0.717, 1.165) is 0 Å². The van der Waals surface area contributed by atoms with Crippen molar-refractivity contribution in [2.75, 3.05) is 13.9 Å². The van der Waals surface area contributed by atoms with E-state index in [1.54, 1.807) is 0 Å². The van der Waals surface area contributed by atoms with E-state index in [2.05, 4.69) is 15.1 Å². The smallest absolute Gasteiger partial charge is 0.383 e. The molecule has 2 N–H and O–H groups in total. The molecular weight excluding hydrogens is 624 g/mol. The second kappa shape index (κ2) is 8.33. The van der Waals surface area contributed by atoms with Gasteiger partial charge in [0.2, 0.25) is 5.82 Å². The normalized spacial score (nSPS) is 24.6. The third kappa shape index (κ3) is 4.05. The average molecular weight is 638 g/mol. The molecule has 3 unspecified atom stereocenters. The Hall–Kier alpha value is -0.490. The van der Waals surface area contributed by atoms with Gasteiger partial charge in [0.1, 0.15) is 0 Å². The number of aliphatic hydroxyl groups excluding tert-OH is 2. The van der Waals surface area contributed by atoms with Crippen molar-refractivity contribution in [1.82, 2.24) is 9.97 Å². The van der Waals surface area contributed by atoms with E-state index >= 15 is 0 Å². The molecule has 158 valence electrons. The fourth-order valence-electron chi connectivity index (χ4n) is 3.11. The molecule has 1 aliphatic heterocycles. The molecule has 1 aromatic rings. The number of anilines is 1. The van der Waals surface area contributed by atoms with Gasteiger partial charge in [0.05, 0.1) is 23.5 Å². The van der Waals surface area contributed by atoms with E-state index in [-0.39, 0.29) is 20.3 Å². The number of alkyl halides is 8. The van der Waals surface area contributed by atoms with Crippen LogP contribution in [0.5, 0.6) is 0 Å². The summed E-state index contributed by atoms with van der Waals surface area (Å²) in [6.45, 7) is 1.23. The Morgan fingerprint density at radius 2 is 1.64 bits per heavy atom. The highest BCUT2D eigenvalue weighted by molar-refractivity contribution is 14.1. The molecule has 2 rings (SSSR count). The minimum absolute atomic E-state index is 0.162. The zero-order valence-electron chi connectivity index (χ0n) is 14.0. The SMILES string of the molecule is CC1=NN(c2cnc(C(F)(F)F)nc2)C(O)C1(C(CI)CI)C(O)C(F)(F)F. The van der Waals surface area contributed by atoms with E-state index in [1.807, 2.05) is 45.2 Å². The van der Waals surface area contributed by atoms with Crippen LogP contribution in [0.25, 0.3) is 0 Å². The summed E-state index contributed by atoms with van der Waals surface area (Å²) in [4.78, 5) is 6.27. The van der Waals surface area contributed by atoms with Crippen LogP contribution < -0.4 is 5.01 Å². The molecule has 0 spiro atoms. The summed E-state index contributed by atoms with van der Waals surface area (Å²) < 4.78 is 78.5. The molecule has 0 saturated carbocycles. The van der Waals surface area contributed by atoms with Crippen LogP contribution in [0.15, 0.2) is 17.5 Å². The Morgan fingerprint density at radius 1 is 1.14 bits per heavy atom. The predicted molar refractivity (Wildman–Crippen MR) is 104 cm³/mol. The molecule has 28 heavy (non-hydrogen) atoms. The van der Waals surface area contributed by atoms with Crippen molar-refractivity contribution in [1.29, 1.82) is 0 Å². The van der Waals surface area contributed by atoms with Crippen LogP contribution in [0, 0.1) is 11.3 Å². The fraction of sp³-hybridized carbons (Fsp3) is 0.643. The van der Waals surface area contributed by atoms with Crippen LogP contribution in [0.2, 0.25) is 0 Å². The molecule has 14 heteroatoms. The first-order valence-electron chi connectivity index (χ1n) is 7.60. The highest BCUT2D eigenvalue weighted by atomic mass is 127. The molecule has 0 amide bonds. The molecule has 2 heterocycles. The van der Waals surface area contributed by atoms with Crippen LogP contribution in [0.1, 0.15) is 12.7 Å². The maximum absolute atomic E-state index is 13.4. The van der Waals surface area contributed by atoms with Gasteiger partial charge >= 0.3 is 12.4 Å². The van der Waals surface area contributed by atoms with Gasteiger partial charge in [-0.1, -0.05) is 45.2 Å². The quantitative estimate of drug-likeness (QED) is 0.294. The van der Waals surface area contributed by atoms with Crippen LogP contribution in [0.3, 0.4) is 0 Å². The van der Waals surface area contributed by atoms with Gasteiger partial charge in [0.15, 0.2) is 12.3 Å². The van der Waals surface area contributed by atoms with Crippen molar-refractivity contribution < 1.29 is 36.6 Å². The van der Waals surface area contributed by atoms with Crippen molar-refractivity contribution in [2.45, 2.75) is 31.6 Å². The molecule has 1 aromatic heterocycles. The zero-order valence-corrected chi connectivity index (χ0v) is 18.3. The number of hydrogen-bond donors (Lipinski definition) is 2. The molecule has 0 saturated heterocycles. The van der Waals surface area contributed by atoms with Gasteiger partial charge in [-0.25, -0.2) is 15.0 Å². The Bertz CT molecular complexity index is 726. The van der Waals surface area contributed by atoms with Crippen LogP contribution >= 0.6 is 45.2 Å². The summed E-state index contributed by atoms with van der Waals surface area (Å²) in [5.41, 5.74) is -2.64. The van der Waals surface area contributed by atoms with Crippen LogP contribution in [-0.2, 0) is 6.18 Å². The molecule has 0 aliphatic carbocycles. The Balaban J connectivity index is 2.53. The zero-order chi connectivity index (χ0) is 21.5. The molecule has 6 nitrogen and oxygen atoms in total. The van der Waals surface area contributed by atoms with Crippen LogP contribution in [0.4, 0.5) is 32.0 Å². The third-order valence-electron chi connectivity index (χ3n) is 4.51. The first kappa shape index (κ1) is 23.8. The number of nitrogens with zero attached hydrogens (tertiary/aromatic N) is 4. The van der Waals surface area contributed by atoms with E-state index in [0.29, 0.717) is 17.4 Å². The van der Waals surface area contributed by atoms with Crippen molar-refractivity contribution in [3.8, 4) is 0 Å². The first-order chi connectivity index (χ1) is 12.8. The summed E-state index contributed by atoms with van der Waals surface area (Å²) in [5.74, 6) is -2.27. The van der Waals surface area contributed by atoms with Gasteiger partial charge in [-0.05, 0) is 12.8 Å². The molecule has 0 aromatic carbocycles. The molecule has 3 atom stereocenters. The van der Waals surface area contributed by atoms with Gasteiger partial charge in [-0.3, -0.25) is 0 Å². The predicted octanol–water partition coefficient (Wildman–Crippen LogP) is 3.41. The maximum Gasteiger partial charge on any atom is 0.451 e. The Kier molecular flexibility index (Phi) is 7.08. The minimum Gasteiger partial charge on any atom is -0.383 e. The van der Waals surface area contributed by atoms with Crippen molar-refractivity contribution in [2.24, 2.45) is 16.4 Å². The van der Waals surface area contributed by atoms with Gasteiger partial charge in [-0.2, -0.15) is 31.4 Å². The molecule has 0 radical (unpaired) electrons. The average Bonchev–Trinajstić information content (AvgIpc) is 2.86. The van der Waals surface area contributed by atoms with Crippen molar-refractivity contribution in [3.63, 3.8) is 0 Å². The van der Waals surface area contributed by atoms with E-state index < -0.39 is 41.8 Å². The number of rotatable bonds is 5. The van der Waals surface area contributed by atoms with E-state index in [1.165, 1.54) is 6.92 Å². The topological polar surface area (TPSA) is 81.8 Å². The summed E-state index contributed by atoms with van der Waals surface area (Å²) in [6, 6.07) is 0. The number of aliphatic hydroxyl groups is 2. The summed E-state index contributed by atoms with van der Waals surface area (Å²) in [5, 5.41) is 25.5. The lowest BCUT2D eigenvalue weighted by Gasteiger charge is -2.43. The lowest BCUT2D eigenvalue weighted by Crippen LogP contribution is -2.61. The molecule has 0 bridgehead atoms. The van der Waals surface area contributed by atoms with E-state index in [9.17, 15) is 36.6 Å². The summed E-state index contributed by atoms with van der Waals surface area (Å²) in [6.07, 6.45) is -13.4. The number of hydrazone groups is 1. The first-order valence-corrected chi connectivity index (χ1v) is 10.7. The minimum atomic E-state index is -5.06. The number of halogens is 8. The highest BCUT2D eigenvalue weighted by Gasteiger charge is 2.65. The molecular formula is C14H14F6I2N4O2. The third-order valence-corrected chi connectivity index (χ3v) is 6.64. The summed E-state index contributed by atoms with van der Waals surface area (Å²) in [7, 11) is 0. The van der Waals surface area contributed by atoms with Crippen LogP contribution in [-0.4, -0.2) is 53.3 Å². The molecule has 1 aliphatic rings. The maximum atomic E-state index is 13.4. The fourth-order valence-corrected chi connectivity index (χ4v) is 6.38. The monoisotopic (exact) mass is 638 g/mol. The van der Waals surface area contributed by atoms with Gasteiger partial charge in [-0.15, -0.1) is 0 Å². The second-order valence-corrected chi connectivity index (χ2v) is 7.81. The number of hydrogen-bond acceptors (Lipinski definition) is 6. The molecule has 0 fully saturated rings. The second-order valence-electron chi connectivity index (χ2n) is 6.05. The van der Waals surface area contributed by atoms with Crippen molar-refractivity contribution >= 4 is 56.6 Å². The summed E-state index contributed by atoms with van der Waals surface area (Å²) >= 11 is 3.70. The largest absolute Gasteiger partial charge is 0.451 e. The number of aromatic nitrogens is 2. The Labute approximate surface area is 182 Å². The van der Waals surface area contributed by atoms with Gasteiger partial charge in [0, 0.05) is 14.6 Å². The lowest BCUT2D eigenvalue weighted by atomic mass is 9.68. The van der Waals surface area contributed by atoms with Gasteiger partial charge < -0.3 is 10.2 Å².